The van der Waals surface area contributed by atoms with Crippen LogP contribution in [0.4, 0.5) is 17.6 Å². The van der Waals surface area contributed by atoms with E-state index in [2.05, 4.69) is 39.0 Å². The molecule has 2 fully saturated rings. The van der Waals surface area contributed by atoms with E-state index in [1.807, 2.05) is 6.08 Å². The fourth-order valence-corrected chi connectivity index (χ4v) is 9.99. The van der Waals surface area contributed by atoms with Gasteiger partial charge in [-0.25, -0.2) is 17.6 Å². The second-order valence-corrected chi connectivity index (χ2v) is 21.0. The van der Waals surface area contributed by atoms with E-state index in [0.29, 0.717) is 38.5 Å². The third kappa shape index (κ3) is 31.0. The average molecular weight is 983 g/mol. The maximum Gasteiger partial charge on any atom is 0.306 e. The number of halogens is 4. The van der Waals surface area contributed by atoms with Gasteiger partial charge < -0.3 is 14.2 Å². The van der Waals surface area contributed by atoms with Crippen LogP contribution in [0, 0.1) is 23.7 Å². The summed E-state index contributed by atoms with van der Waals surface area (Å²) in [7, 11) is 0. The lowest BCUT2D eigenvalue weighted by molar-refractivity contribution is -0.167. The standard InChI is InChI=1S/C59H102F4O6/c1-4-7-10-13-16-17-18-19-20-21-22-23-24-31-38-45-55(64)67-48-50(69-57(66)47-40-33-26-30-37-44-54-52(59(54,62)63)42-35-28-15-12-9-6-3)49-68-56(65)46-39-32-25-29-36-43-53-51(58(53,60)61)41-34-27-14-11-8-5-2/h19-20,28,35,50-54H,4-18,21-27,29-34,36-49H2,1-3H3. The summed E-state index contributed by atoms with van der Waals surface area (Å²) in [6.07, 6.45) is 44.5. The van der Waals surface area contributed by atoms with Crippen LogP contribution in [0.2, 0.25) is 0 Å². The van der Waals surface area contributed by atoms with E-state index in [1.165, 1.54) is 70.6 Å². The second-order valence-electron chi connectivity index (χ2n) is 21.0. The third-order valence-corrected chi connectivity index (χ3v) is 14.7. The molecule has 69 heavy (non-hydrogen) atoms. The molecule has 2 aliphatic rings. The van der Waals surface area contributed by atoms with Crippen LogP contribution in [0.5, 0.6) is 0 Å². The number of ether oxygens (including phenoxy) is 3. The van der Waals surface area contributed by atoms with Gasteiger partial charge in [0, 0.05) is 42.9 Å². The van der Waals surface area contributed by atoms with E-state index >= 15 is 0 Å². The summed E-state index contributed by atoms with van der Waals surface area (Å²) in [5.74, 6) is -8.26. The van der Waals surface area contributed by atoms with Gasteiger partial charge in [0.2, 0.25) is 0 Å². The average Bonchev–Trinajstić information content (AvgIpc) is 4.08. The summed E-state index contributed by atoms with van der Waals surface area (Å²) in [6.45, 7) is 6.18. The zero-order valence-electron chi connectivity index (χ0n) is 44.4. The molecule has 0 aromatic carbocycles. The second kappa shape index (κ2) is 40.1. The summed E-state index contributed by atoms with van der Waals surface area (Å²) >= 11 is 0. The lowest BCUT2D eigenvalue weighted by atomic mass is 10.0. The molecule has 0 aromatic rings. The van der Waals surface area contributed by atoms with Crippen molar-refractivity contribution in [3.63, 3.8) is 0 Å². The van der Waals surface area contributed by atoms with Crippen molar-refractivity contribution >= 4 is 17.9 Å². The van der Waals surface area contributed by atoms with Gasteiger partial charge in [0.1, 0.15) is 13.2 Å². The first kappa shape index (κ1) is 62.7. The van der Waals surface area contributed by atoms with Crippen LogP contribution in [0.15, 0.2) is 24.3 Å². The topological polar surface area (TPSA) is 78.9 Å². The minimum atomic E-state index is -2.56. The highest BCUT2D eigenvalue weighted by atomic mass is 19.3. The number of esters is 3. The molecule has 0 aliphatic heterocycles. The molecule has 0 spiro atoms. The molecule has 2 saturated carbocycles. The highest BCUT2D eigenvalue weighted by Gasteiger charge is 2.66. The van der Waals surface area contributed by atoms with Gasteiger partial charge in [0.05, 0.1) is 0 Å². The van der Waals surface area contributed by atoms with Crippen molar-refractivity contribution in [3.8, 4) is 0 Å². The largest absolute Gasteiger partial charge is 0.462 e. The van der Waals surface area contributed by atoms with E-state index < -0.39 is 53.6 Å². The molecule has 0 saturated heterocycles. The molecule has 0 amide bonds. The van der Waals surface area contributed by atoms with Crippen molar-refractivity contribution in [2.75, 3.05) is 13.2 Å². The number of unbranched alkanes of at least 4 members (excludes halogenated alkanes) is 27. The van der Waals surface area contributed by atoms with Crippen LogP contribution in [0.3, 0.4) is 0 Å². The number of carbonyl (C=O) groups is 3. The molecule has 402 valence electrons. The van der Waals surface area contributed by atoms with Crippen LogP contribution < -0.4 is 0 Å². The van der Waals surface area contributed by atoms with Crippen molar-refractivity contribution in [1.29, 1.82) is 0 Å². The Balaban J connectivity index is 1.65. The maximum atomic E-state index is 14.3. The number of rotatable bonds is 49. The van der Waals surface area contributed by atoms with E-state index in [0.717, 1.165) is 128 Å². The Hall–Kier alpha value is -2.39. The maximum absolute atomic E-state index is 14.3. The van der Waals surface area contributed by atoms with E-state index in [1.54, 1.807) is 0 Å². The Morgan fingerprint density at radius 3 is 1.13 bits per heavy atom. The van der Waals surface area contributed by atoms with Gasteiger partial charge in [-0.1, -0.05) is 199 Å². The van der Waals surface area contributed by atoms with Gasteiger partial charge in [0.25, 0.3) is 11.8 Å². The highest BCUT2D eigenvalue weighted by Crippen LogP contribution is 2.60. The van der Waals surface area contributed by atoms with Crippen LogP contribution in [-0.2, 0) is 28.6 Å². The monoisotopic (exact) mass is 983 g/mol. The summed E-state index contributed by atoms with van der Waals surface area (Å²) in [4.78, 5) is 38.2. The molecule has 6 nitrogen and oxygen atoms in total. The number of alkyl halides is 4. The van der Waals surface area contributed by atoms with Crippen molar-refractivity contribution in [2.45, 2.75) is 296 Å². The van der Waals surface area contributed by atoms with Gasteiger partial charge in [-0.15, -0.1) is 0 Å². The molecule has 5 atom stereocenters. The van der Waals surface area contributed by atoms with Gasteiger partial charge in [0.15, 0.2) is 6.10 Å². The highest BCUT2D eigenvalue weighted by molar-refractivity contribution is 5.71. The minimum Gasteiger partial charge on any atom is -0.462 e. The SMILES string of the molecule is CCCCCC=CCC1C(CCCCCCCC(=O)OC(COC(=O)CCCCCCCC=CCCCCCCCC)COC(=O)CCCCCCCC2C(CCCCCCCC)C2(F)F)C1(F)F. The summed E-state index contributed by atoms with van der Waals surface area (Å²) in [5, 5.41) is 0. The molecule has 0 heterocycles. The van der Waals surface area contributed by atoms with Gasteiger partial charge >= 0.3 is 17.9 Å². The third-order valence-electron chi connectivity index (χ3n) is 14.7. The first-order valence-corrected chi connectivity index (χ1v) is 29.0. The van der Waals surface area contributed by atoms with Crippen LogP contribution >= 0.6 is 0 Å². The number of allylic oxidation sites excluding steroid dienone is 4. The van der Waals surface area contributed by atoms with Crippen LogP contribution in [0.25, 0.3) is 0 Å². The van der Waals surface area contributed by atoms with Crippen molar-refractivity contribution in [2.24, 2.45) is 23.7 Å². The molecule has 2 rings (SSSR count). The van der Waals surface area contributed by atoms with E-state index in [9.17, 15) is 31.9 Å². The molecule has 5 unspecified atom stereocenters. The Bertz CT molecular complexity index is 1350. The Morgan fingerprint density at radius 1 is 0.391 bits per heavy atom. The van der Waals surface area contributed by atoms with Crippen LogP contribution in [0.1, 0.15) is 278 Å². The quantitative estimate of drug-likeness (QED) is 0.0199. The lowest BCUT2D eigenvalue weighted by Crippen LogP contribution is -2.30. The van der Waals surface area contributed by atoms with Crippen molar-refractivity contribution in [3.05, 3.63) is 24.3 Å². The summed E-state index contributed by atoms with van der Waals surface area (Å²) in [6, 6.07) is 0. The summed E-state index contributed by atoms with van der Waals surface area (Å²) < 4.78 is 74.0. The van der Waals surface area contributed by atoms with Crippen LogP contribution in [-0.4, -0.2) is 49.1 Å². The fourth-order valence-electron chi connectivity index (χ4n) is 9.99. The molecule has 0 N–H and O–H groups in total. The molecule has 0 aromatic heterocycles. The minimum absolute atomic E-state index is 0.166. The van der Waals surface area contributed by atoms with Crippen molar-refractivity contribution < 1.29 is 46.2 Å². The van der Waals surface area contributed by atoms with Gasteiger partial charge in [-0.3, -0.25) is 14.4 Å². The van der Waals surface area contributed by atoms with Crippen molar-refractivity contribution in [1.82, 2.24) is 0 Å². The Kier molecular flexibility index (Phi) is 36.5. The summed E-state index contributed by atoms with van der Waals surface area (Å²) in [5.41, 5.74) is 0. The molecule has 0 bridgehead atoms. The van der Waals surface area contributed by atoms with Gasteiger partial charge in [-0.05, 0) is 83.5 Å². The smallest absolute Gasteiger partial charge is 0.306 e. The predicted molar refractivity (Wildman–Crippen MR) is 276 cm³/mol. The van der Waals surface area contributed by atoms with E-state index in [4.69, 9.17) is 14.2 Å². The van der Waals surface area contributed by atoms with E-state index in [-0.39, 0.29) is 38.4 Å². The molecule has 2 aliphatic carbocycles. The first-order chi connectivity index (χ1) is 33.5. The predicted octanol–water partition coefficient (Wildman–Crippen LogP) is 18.5. The fraction of sp³-hybridized carbons (Fsp3) is 0.881. The molecular formula is C59H102F4O6. The zero-order chi connectivity index (χ0) is 50.3. The molecule has 0 radical (unpaired) electrons. The number of carbonyl (C=O) groups excluding carboxylic acids is 3. The lowest BCUT2D eigenvalue weighted by Gasteiger charge is -2.18. The Morgan fingerprint density at radius 2 is 0.696 bits per heavy atom. The normalized spacial score (nSPS) is 19.6. The number of hydrogen-bond acceptors (Lipinski definition) is 6. The molecular weight excluding hydrogens is 881 g/mol. The van der Waals surface area contributed by atoms with Gasteiger partial charge in [-0.2, -0.15) is 0 Å². The Labute approximate surface area is 419 Å². The molecule has 10 heteroatoms. The first-order valence-electron chi connectivity index (χ1n) is 29.0. The zero-order valence-corrected chi connectivity index (χ0v) is 44.4. The number of hydrogen-bond donors (Lipinski definition) is 0.